The van der Waals surface area contributed by atoms with Crippen molar-refractivity contribution in [2.24, 2.45) is 0 Å². The minimum atomic E-state index is -0.531. The average Bonchev–Trinajstić information content (AvgIpc) is 3.23. The van der Waals surface area contributed by atoms with Gasteiger partial charge in [-0.1, -0.05) is 12.1 Å². The molecule has 0 saturated carbocycles. The molecule has 10 heteroatoms. The maximum absolute atomic E-state index is 13.5. The summed E-state index contributed by atoms with van der Waals surface area (Å²) >= 11 is 0. The Morgan fingerprint density at radius 3 is 2.61 bits per heavy atom. The van der Waals surface area contributed by atoms with Crippen LogP contribution in [0.1, 0.15) is 25.6 Å². The van der Waals surface area contributed by atoms with Crippen LogP contribution in [-0.2, 0) is 11.4 Å². The number of nitrogens with zero attached hydrogens (tertiary/aromatic N) is 4. The first-order chi connectivity index (χ1) is 15.9. The van der Waals surface area contributed by atoms with E-state index in [-0.39, 0.29) is 30.6 Å². The molecule has 0 saturated heterocycles. The van der Waals surface area contributed by atoms with Gasteiger partial charge in [0.1, 0.15) is 18.7 Å². The second-order valence-corrected chi connectivity index (χ2v) is 7.50. The van der Waals surface area contributed by atoms with Crippen LogP contribution in [0, 0.1) is 5.82 Å². The molecule has 0 spiro atoms. The summed E-state index contributed by atoms with van der Waals surface area (Å²) in [5, 5.41) is 2.66. The molecule has 0 bridgehead atoms. The fraction of sp³-hybridized carbons (Fsp3) is 0.217. The van der Waals surface area contributed by atoms with Gasteiger partial charge >= 0.3 is 0 Å². The number of amides is 1. The number of halogens is 1. The van der Waals surface area contributed by atoms with E-state index in [1.165, 1.54) is 22.7 Å². The molecule has 4 rings (SSSR count). The van der Waals surface area contributed by atoms with E-state index in [0.29, 0.717) is 22.9 Å². The van der Waals surface area contributed by atoms with Crippen LogP contribution in [0.5, 0.6) is 11.5 Å². The molecule has 2 aromatic carbocycles. The van der Waals surface area contributed by atoms with Crippen molar-refractivity contribution in [2.75, 3.05) is 11.9 Å². The summed E-state index contributed by atoms with van der Waals surface area (Å²) in [5.41, 5.74) is 0.749. The van der Waals surface area contributed by atoms with E-state index in [1.54, 1.807) is 47.4 Å². The Kier molecular flexibility index (Phi) is 6.34. The maximum Gasteiger partial charge on any atom is 0.274 e. The number of ether oxygens (including phenoxy) is 2. The van der Waals surface area contributed by atoms with Crippen LogP contribution >= 0.6 is 0 Å². The first-order valence-electron chi connectivity index (χ1n) is 10.3. The first kappa shape index (κ1) is 22.0. The molecule has 0 aliphatic heterocycles. The summed E-state index contributed by atoms with van der Waals surface area (Å²) in [7, 11) is 0. The molecule has 0 fully saturated rings. The molecule has 4 aromatic rings. The second-order valence-electron chi connectivity index (χ2n) is 7.50. The van der Waals surface area contributed by atoms with Gasteiger partial charge in [0.15, 0.2) is 18.2 Å². The monoisotopic (exact) mass is 451 g/mol. The molecule has 0 unspecified atom stereocenters. The molecule has 2 aromatic heterocycles. The third-order valence-electron chi connectivity index (χ3n) is 4.70. The van der Waals surface area contributed by atoms with Crippen molar-refractivity contribution in [1.29, 1.82) is 0 Å². The van der Waals surface area contributed by atoms with Gasteiger partial charge in [0, 0.05) is 17.8 Å². The Morgan fingerprint density at radius 2 is 1.88 bits per heavy atom. The van der Waals surface area contributed by atoms with Crippen molar-refractivity contribution in [3.05, 3.63) is 82.8 Å². The van der Waals surface area contributed by atoms with Crippen molar-refractivity contribution in [2.45, 2.75) is 26.5 Å². The van der Waals surface area contributed by atoms with E-state index in [1.807, 2.05) is 13.8 Å². The first-order valence-corrected chi connectivity index (χ1v) is 10.3. The van der Waals surface area contributed by atoms with E-state index in [2.05, 4.69) is 15.3 Å². The van der Waals surface area contributed by atoms with Gasteiger partial charge < -0.3 is 14.8 Å². The van der Waals surface area contributed by atoms with E-state index in [9.17, 15) is 14.0 Å². The van der Waals surface area contributed by atoms with Crippen molar-refractivity contribution in [1.82, 2.24) is 19.2 Å². The highest BCUT2D eigenvalue weighted by atomic mass is 19.1. The molecule has 33 heavy (non-hydrogen) atoms. The van der Waals surface area contributed by atoms with Crippen LogP contribution in [0.2, 0.25) is 0 Å². The zero-order chi connectivity index (χ0) is 23.4. The van der Waals surface area contributed by atoms with Crippen LogP contribution in [0.15, 0.2) is 65.7 Å². The number of anilines is 1. The fourth-order valence-electron chi connectivity index (χ4n) is 3.11. The van der Waals surface area contributed by atoms with Gasteiger partial charge in [-0.15, -0.1) is 0 Å². The van der Waals surface area contributed by atoms with Crippen LogP contribution in [0.25, 0.3) is 5.78 Å². The van der Waals surface area contributed by atoms with Crippen LogP contribution in [0.3, 0.4) is 0 Å². The summed E-state index contributed by atoms with van der Waals surface area (Å²) in [4.78, 5) is 33.0. The normalized spacial score (nSPS) is 11.0. The van der Waals surface area contributed by atoms with Gasteiger partial charge in [0.25, 0.3) is 17.2 Å². The Hall–Kier alpha value is -4.21. The summed E-state index contributed by atoms with van der Waals surface area (Å²) in [6.45, 7) is 3.66. The lowest BCUT2D eigenvalue weighted by Crippen LogP contribution is -2.23. The van der Waals surface area contributed by atoms with Crippen molar-refractivity contribution < 1.29 is 18.7 Å². The molecule has 0 aliphatic carbocycles. The number of nitrogens with one attached hydrogen (secondary N) is 1. The molecule has 0 aliphatic rings. The zero-order valence-electron chi connectivity index (χ0n) is 18.1. The lowest BCUT2D eigenvalue weighted by Gasteiger charge is -2.10. The predicted molar refractivity (Wildman–Crippen MR) is 119 cm³/mol. The fourth-order valence-corrected chi connectivity index (χ4v) is 3.11. The summed E-state index contributed by atoms with van der Waals surface area (Å²) < 4.78 is 27.6. The highest BCUT2D eigenvalue weighted by Crippen LogP contribution is 2.18. The number of benzene rings is 2. The van der Waals surface area contributed by atoms with Gasteiger partial charge in [-0.2, -0.15) is 9.50 Å². The van der Waals surface area contributed by atoms with Gasteiger partial charge in [0.2, 0.25) is 0 Å². The lowest BCUT2D eigenvalue weighted by molar-refractivity contribution is -0.118. The Bertz CT molecular complexity index is 1330. The van der Waals surface area contributed by atoms with Gasteiger partial charge in [-0.05, 0) is 50.2 Å². The van der Waals surface area contributed by atoms with E-state index < -0.39 is 11.7 Å². The van der Waals surface area contributed by atoms with E-state index in [0.717, 1.165) is 0 Å². The Morgan fingerprint density at radius 1 is 1.12 bits per heavy atom. The third-order valence-corrected chi connectivity index (χ3v) is 4.70. The molecule has 2 heterocycles. The predicted octanol–water partition coefficient (Wildman–Crippen LogP) is 3.21. The van der Waals surface area contributed by atoms with E-state index in [4.69, 9.17) is 9.47 Å². The second kappa shape index (κ2) is 9.51. The Labute approximate surface area is 188 Å². The van der Waals surface area contributed by atoms with Crippen LogP contribution in [-0.4, -0.2) is 31.7 Å². The smallest absolute Gasteiger partial charge is 0.274 e. The quantitative estimate of drug-likeness (QED) is 0.442. The number of carbonyl (C=O) groups is 1. The number of hydrogen-bond donors (Lipinski definition) is 1. The maximum atomic E-state index is 13.5. The molecule has 1 N–H and O–H groups in total. The molecule has 170 valence electrons. The number of aromatic nitrogens is 4. The molecule has 9 nitrogen and oxygen atoms in total. The topological polar surface area (TPSA) is 99.8 Å². The third kappa shape index (κ3) is 5.17. The molecule has 0 atom stereocenters. The van der Waals surface area contributed by atoms with Gasteiger partial charge in [-0.3, -0.25) is 14.3 Å². The molecular weight excluding hydrogens is 429 g/mol. The molecular formula is C23H22FN5O4. The van der Waals surface area contributed by atoms with Crippen LogP contribution < -0.4 is 20.3 Å². The Balaban J connectivity index is 1.33. The molecule has 0 radical (unpaired) electrons. The highest BCUT2D eigenvalue weighted by Gasteiger charge is 2.11. The van der Waals surface area contributed by atoms with E-state index >= 15 is 0 Å². The number of hydrogen-bond acceptors (Lipinski definition) is 6. The zero-order valence-corrected chi connectivity index (χ0v) is 18.1. The lowest BCUT2D eigenvalue weighted by atomic mass is 10.3. The summed E-state index contributed by atoms with van der Waals surface area (Å²) in [5.74, 6) is -0.100. The number of carbonyl (C=O) groups excluding carboxylic acids is 1. The largest absolute Gasteiger partial charge is 0.487 e. The minimum absolute atomic E-state index is 0.0128. The van der Waals surface area contributed by atoms with Crippen LogP contribution in [0.4, 0.5) is 10.1 Å². The van der Waals surface area contributed by atoms with Gasteiger partial charge in [-0.25, -0.2) is 9.37 Å². The number of fused-ring (bicyclic) bond motifs is 1. The van der Waals surface area contributed by atoms with Crippen molar-refractivity contribution in [3.63, 3.8) is 0 Å². The number of rotatable bonds is 8. The highest BCUT2D eigenvalue weighted by molar-refractivity contribution is 5.91. The van der Waals surface area contributed by atoms with Crippen molar-refractivity contribution >= 4 is 17.4 Å². The summed E-state index contributed by atoms with van der Waals surface area (Å²) in [6, 6.07) is 14.0. The molecule has 1 amide bonds. The van der Waals surface area contributed by atoms with Crippen molar-refractivity contribution in [3.8, 4) is 11.5 Å². The average molecular weight is 451 g/mol. The number of para-hydroxylation sites is 1. The SMILES string of the molecule is CC(C)n1cnc2nc(COc3ccc(NC(=O)COc4ccccc4F)cc3)cc(=O)n21. The standard InChI is InChI=1S/C23H22FN5O4/c1-15(2)28-14-25-23-27-17(11-22(31)29(23)28)12-32-18-9-7-16(8-10-18)26-21(30)13-33-20-6-4-3-5-19(20)24/h3-11,14-15H,12-13H2,1-2H3,(H,26,30). The van der Waals surface area contributed by atoms with Gasteiger partial charge in [0.05, 0.1) is 5.69 Å². The minimum Gasteiger partial charge on any atom is -0.487 e. The summed E-state index contributed by atoms with van der Waals surface area (Å²) in [6.07, 6.45) is 1.58.